The highest BCUT2D eigenvalue weighted by molar-refractivity contribution is 6.31. The van der Waals surface area contributed by atoms with Gasteiger partial charge in [-0.05, 0) is 42.0 Å². The summed E-state index contributed by atoms with van der Waals surface area (Å²) in [7, 11) is 0. The molecule has 108 valence electrons. The summed E-state index contributed by atoms with van der Waals surface area (Å²) in [5, 5.41) is 13.0. The molecule has 3 rings (SSSR count). The van der Waals surface area contributed by atoms with E-state index < -0.39 is 0 Å². The summed E-state index contributed by atoms with van der Waals surface area (Å²) < 4.78 is 0. The molecule has 3 aromatic rings. The Hall–Kier alpha value is -2.77. The first-order chi connectivity index (χ1) is 10.7. The van der Waals surface area contributed by atoms with E-state index in [0.717, 1.165) is 16.5 Å². The largest absolute Gasteiger partial charge is 0.351 e. The Morgan fingerprint density at radius 2 is 1.95 bits per heavy atom. The molecule has 1 heterocycles. The van der Waals surface area contributed by atoms with Gasteiger partial charge in [-0.25, -0.2) is 0 Å². The van der Waals surface area contributed by atoms with E-state index in [-0.39, 0.29) is 5.91 Å². The SMILES string of the molecule is N#CCc1ccc(NC(=O)c2cc3cc(Cl)ccc3[nH]2)cc1. The minimum absolute atomic E-state index is 0.222. The number of nitrogens with one attached hydrogen (secondary N) is 2. The number of fused-ring (bicyclic) bond motifs is 1. The molecule has 2 aromatic carbocycles. The zero-order valence-electron chi connectivity index (χ0n) is 11.6. The molecule has 0 bridgehead atoms. The van der Waals surface area contributed by atoms with Crippen molar-refractivity contribution in [3.63, 3.8) is 0 Å². The van der Waals surface area contributed by atoms with Gasteiger partial charge in [0, 0.05) is 21.6 Å². The maximum Gasteiger partial charge on any atom is 0.272 e. The summed E-state index contributed by atoms with van der Waals surface area (Å²) >= 11 is 5.94. The van der Waals surface area contributed by atoms with Crippen LogP contribution in [0.15, 0.2) is 48.5 Å². The Bertz CT molecular complexity index is 875. The van der Waals surface area contributed by atoms with Crippen LogP contribution in [0.1, 0.15) is 16.1 Å². The molecular weight excluding hydrogens is 298 g/mol. The van der Waals surface area contributed by atoms with E-state index in [1.54, 1.807) is 30.3 Å². The second kappa shape index (κ2) is 5.92. The summed E-state index contributed by atoms with van der Waals surface area (Å²) in [5.74, 6) is -0.222. The van der Waals surface area contributed by atoms with Gasteiger partial charge in [-0.3, -0.25) is 4.79 Å². The van der Waals surface area contributed by atoms with Gasteiger partial charge < -0.3 is 10.3 Å². The number of carbonyl (C=O) groups excluding carboxylic acids is 1. The average Bonchev–Trinajstić information content (AvgIpc) is 2.92. The maximum atomic E-state index is 12.3. The number of H-pyrrole nitrogens is 1. The van der Waals surface area contributed by atoms with Crippen LogP contribution in [0.3, 0.4) is 0 Å². The number of nitrogens with zero attached hydrogens (tertiary/aromatic N) is 1. The van der Waals surface area contributed by atoms with Gasteiger partial charge in [0.1, 0.15) is 5.69 Å². The third-order valence-electron chi connectivity index (χ3n) is 3.32. The number of carbonyl (C=O) groups is 1. The van der Waals surface area contributed by atoms with Crippen LogP contribution in [-0.2, 0) is 6.42 Å². The first-order valence-electron chi connectivity index (χ1n) is 6.71. The van der Waals surface area contributed by atoms with Crippen LogP contribution in [0.4, 0.5) is 5.69 Å². The standard InChI is InChI=1S/C17H12ClN3O/c18-13-3-6-15-12(9-13)10-16(21-15)17(22)20-14-4-1-11(2-5-14)7-8-19/h1-6,9-10,21H,7H2,(H,20,22). The quantitative estimate of drug-likeness (QED) is 0.763. The van der Waals surface area contributed by atoms with Crippen LogP contribution in [0, 0.1) is 11.3 Å². The normalized spacial score (nSPS) is 10.4. The zero-order chi connectivity index (χ0) is 15.5. The molecule has 22 heavy (non-hydrogen) atoms. The smallest absolute Gasteiger partial charge is 0.272 e. The van der Waals surface area contributed by atoms with Gasteiger partial charge in [0.2, 0.25) is 0 Å². The van der Waals surface area contributed by atoms with E-state index in [1.165, 1.54) is 0 Å². The highest BCUT2D eigenvalue weighted by atomic mass is 35.5. The van der Waals surface area contributed by atoms with Gasteiger partial charge >= 0.3 is 0 Å². The number of anilines is 1. The lowest BCUT2D eigenvalue weighted by molar-refractivity contribution is 0.102. The molecule has 0 aliphatic heterocycles. The number of hydrogen-bond donors (Lipinski definition) is 2. The molecule has 4 nitrogen and oxygen atoms in total. The van der Waals surface area contributed by atoms with Crippen molar-refractivity contribution in [3.05, 3.63) is 64.8 Å². The summed E-state index contributed by atoms with van der Waals surface area (Å²) in [6.45, 7) is 0. The molecule has 0 radical (unpaired) electrons. The summed E-state index contributed by atoms with van der Waals surface area (Å²) in [5.41, 5.74) is 2.93. The fourth-order valence-electron chi connectivity index (χ4n) is 2.22. The lowest BCUT2D eigenvalue weighted by Gasteiger charge is -2.04. The monoisotopic (exact) mass is 309 g/mol. The summed E-state index contributed by atoms with van der Waals surface area (Å²) in [6, 6.07) is 16.5. The predicted molar refractivity (Wildman–Crippen MR) is 87.0 cm³/mol. The number of hydrogen-bond acceptors (Lipinski definition) is 2. The maximum absolute atomic E-state index is 12.3. The number of halogens is 1. The Labute approximate surface area is 132 Å². The third kappa shape index (κ3) is 2.95. The van der Waals surface area contributed by atoms with Crippen LogP contribution in [0.25, 0.3) is 10.9 Å². The minimum Gasteiger partial charge on any atom is -0.351 e. The van der Waals surface area contributed by atoms with Gasteiger partial charge in [0.25, 0.3) is 5.91 Å². The Morgan fingerprint density at radius 3 is 2.68 bits per heavy atom. The number of rotatable bonds is 3. The van der Waals surface area contributed by atoms with Gasteiger partial charge in [0.15, 0.2) is 0 Å². The van der Waals surface area contributed by atoms with Gasteiger partial charge in [0.05, 0.1) is 12.5 Å². The molecule has 1 amide bonds. The van der Waals surface area contributed by atoms with Crippen molar-refractivity contribution in [3.8, 4) is 6.07 Å². The highest BCUT2D eigenvalue weighted by Gasteiger charge is 2.10. The molecule has 0 saturated heterocycles. The van der Waals surface area contributed by atoms with E-state index in [1.807, 2.05) is 18.2 Å². The van der Waals surface area contributed by atoms with Crippen LogP contribution >= 0.6 is 11.6 Å². The number of aromatic nitrogens is 1. The topological polar surface area (TPSA) is 68.7 Å². The van der Waals surface area contributed by atoms with Crippen LogP contribution in [0.5, 0.6) is 0 Å². The third-order valence-corrected chi connectivity index (χ3v) is 3.56. The van der Waals surface area contributed by atoms with Crippen molar-refractivity contribution >= 4 is 34.1 Å². The minimum atomic E-state index is -0.222. The Balaban J connectivity index is 1.79. The summed E-state index contributed by atoms with van der Waals surface area (Å²) in [6.07, 6.45) is 0.358. The van der Waals surface area contributed by atoms with Crippen LogP contribution < -0.4 is 5.32 Å². The molecule has 0 aliphatic carbocycles. The first-order valence-corrected chi connectivity index (χ1v) is 7.09. The molecule has 5 heteroatoms. The second-order valence-electron chi connectivity index (χ2n) is 4.90. The predicted octanol–water partition coefficient (Wildman–Crippen LogP) is 4.14. The number of nitriles is 1. The number of benzene rings is 2. The van der Waals surface area contributed by atoms with Crippen molar-refractivity contribution in [2.75, 3.05) is 5.32 Å². The average molecular weight is 310 g/mol. The molecule has 2 N–H and O–H groups in total. The molecule has 0 aliphatic rings. The fraction of sp³-hybridized carbons (Fsp3) is 0.0588. The van der Waals surface area contributed by atoms with Crippen LogP contribution in [0.2, 0.25) is 5.02 Å². The van der Waals surface area contributed by atoms with Crippen molar-refractivity contribution in [2.24, 2.45) is 0 Å². The molecule has 0 fully saturated rings. The fourth-order valence-corrected chi connectivity index (χ4v) is 2.40. The first kappa shape index (κ1) is 14.2. The molecule has 0 atom stereocenters. The van der Waals surface area contributed by atoms with Gasteiger partial charge in [-0.1, -0.05) is 23.7 Å². The second-order valence-corrected chi connectivity index (χ2v) is 5.34. The van der Waals surface area contributed by atoms with Gasteiger partial charge in [-0.15, -0.1) is 0 Å². The molecule has 0 saturated carbocycles. The Kier molecular flexibility index (Phi) is 3.82. The zero-order valence-corrected chi connectivity index (χ0v) is 12.3. The number of aromatic amines is 1. The van der Waals surface area contributed by atoms with E-state index in [4.69, 9.17) is 16.9 Å². The molecule has 0 unspecified atom stereocenters. The Morgan fingerprint density at radius 1 is 1.18 bits per heavy atom. The van der Waals surface area contributed by atoms with E-state index in [9.17, 15) is 4.79 Å². The van der Waals surface area contributed by atoms with E-state index >= 15 is 0 Å². The van der Waals surface area contributed by atoms with E-state index in [2.05, 4.69) is 16.4 Å². The molecule has 1 aromatic heterocycles. The highest BCUT2D eigenvalue weighted by Crippen LogP contribution is 2.21. The van der Waals surface area contributed by atoms with Gasteiger partial charge in [-0.2, -0.15) is 5.26 Å². The molecule has 0 spiro atoms. The lowest BCUT2D eigenvalue weighted by atomic mass is 10.1. The van der Waals surface area contributed by atoms with Crippen molar-refractivity contribution in [2.45, 2.75) is 6.42 Å². The number of amides is 1. The lowest BCUT2D eigenvalue weighted by Crippen LogP contribution is -2.12. The van der Waals surface area contributed by atoms with E-state index in [0.29, 0.717) is 22.8 Å². The van der Waals surface area contributed by atoms with Crippen LogP contribution in [-0.4, -0.2) is 10.9 Å². The molecular formula is C17H12ClN3O. The van der Waals surface area contributed by atoms with Crippen molar-refractivity contribution in [1.29, 1.82) is 5.26 Å². The summed E-state index contributed by atoms with van der Waals surface area (Å²) in [4.78, 5) is 15.3. The van der Waals surface area contributed by atoms with Crippen molar-refractivity contribution < 1.29 is 4.79 Å². The van der Waals surface area contributed by atoms with Crippen molar-refractivity contribution in [1.82, 2.24) is 4.98 Å².